The van der Waals surface area contributed by atoms with Crippen LogP contribution in [-0.4, -0.2) is 236 Å². The quantitative estimate of drug-likeness (QED) is 0.0233. The fraction of sp³-hybridized carbons (Fsp3) is 0.463. The summed E-state index contributed by atoms with van der Waals surface area (Å²) < 4.78 is 28.8. The number of carboxylic acids is 1. The first-order valence-corrected chi connectivity index (χ1v) is 36.7. The molecule has 1 unspecified atom stereocenters. The first-order chi connectivity index (χ1) is 51.7. The maximum absolute atomic E-state index is 15.3. The minimum atomic E-state index is -2.89. The molecule has 28 nitrogen and oxygen atoms in total. The normalized spacial score (nSPS) is 31.8. The number of Topliss-reactive ketones (excluding diaryl/α,β-unsaturated/α-hetero) is 2. The summed E-state index contributed by atoms with van der Waals surface area (Å²) >= 11 is 0. The number of amides is 2. The maximum atomic E-state index is 15.3. The van der Waals surface area contributed by atoms with E-state index >= 15 is 4.79 Å². The van der Waals surface area contributed by atoms with E-state index in [9.17, 15) is 69.3 Å². The Morgan fingerprint density at radius 1 is 0.836 bits per heavy atom. The van der Waals surface area contributed by atoms with Gasteiger partial charge in [-0.15, -0.1) is 0 Å². The van der Waals surface area contributed by atoms with E-state index in [1.54, 1.807) is 39.2 Å². The van der Waals surface area contributed by atoms with Crippen molar-refractivity contribution in [2.45, 2.75) is 143 Å². The highest BCUT2D eigenvalue weighted by molar-refractivity contribution is 6.24. The molecule has 4 aliphatic carbocycles. The van der Waals surface area contributed by atoms with Gasteiger partial charge in [0.15, 0.2) is 17.5 Å². The molecular formula is C82H96N6O22. The van der Waals surface area contributed by atoms with Gasteiger partial charge < -0.3 is 85.6 Å². The molecule has 28 heteroatoms. The number of phenols is 1. The predicted octanol–water partition coefficient (Wildman–Crippen LogP) is 5.23. The number of aromatic hydroxyl groups is 1. The SMILES string of the molecule is CC[C@]1(O)C[C@H]2CN(CCc3c([nH]c4ccccc34)[C@@](C(=O)OC)(c3cc4c(cc3OC)N(C=O)[C@H]3[C@@](O)(C(=O)OC)[C@H](OC(C)=O)[C@]5(CC)C=CCN6CC[C@]43[C@@H]65)C2)C1.COc1ccc2cc([C@H](C)C(=O)O)ccc2c1.C[C@H]1c2cccc(O)c2C(O)=C2C(=O)[C@]3(O)C(O)=C(C(N)=O)C(=O)[C@@H](N(C)C)[C@@H]3[C@@H](O)[C@@H]21.O. The Morgan fingerprint density at radius 2 is 1.54 bits per heavy atom. The average Bonchev–Trinajstić information content (AvgIpc) is 1.46. The van der Waals surface area contributed by atoms with Crippen LogP contribution in [0.1, 0.15) is 118 Å². The van der Waals surface area contributed by atoms with Crippen LogP contribution in [0, 0.1) is 23.2 Å². The number of benzene rings is 5. The summed E-state index contributed by atoms with van der Waals surface area (Å²) in [6, 6.07) is 24.5. The number of piperidine rings is 1. The molecule has 13 N–H and O–H groups in total. The summed E-state index contributed by atoms with van der Waals surface area (Å²) in [6.07, 6.45) is 4.24. The highest BCUT2D eigenvalue weighted by atomic mass is 16.6. The number of aliphatic hydroxyl groups is 6. The van der Waals surface area contributed by atoms with E-state index in [1.165, 1.54) is 58.2 Å². The van der Waals surface area contributed by atoms with Gasteiger partial charge in [0, 0.05) is 89.7 Å². The number of nitrogens with zero attached hydrogens (tertiary/aromatic N) is 4. The lowest BCUT2D eigenvalue weighted by Crippen LogP contribution is -2.81. The number of aromatic amines is 1. The van der Waals surface area contributed by atoms with Gasteiger partial charge in [-0.05, 0) is 141 Å². The van der Waals surface area contributed by atoms with Gasteiger partial charge in [-0.1, -0.05) is 87.5 Å². The van der Waals surface area contributed by atoms with Crippen LogP contribution >= 0.6 is 0 Å². The number of para-hydroxylation sites is 1. The van der Waals surface area contributed by atoms with Crippen LogP contribution in [0.5, 0.6) is 17.2 Å². The molecule has 2 saturated heterocycles. The number of nitrogens with one attached hydrogen (secondary N) is 1. The predicted molar refractivity (Wildman–Crippen MR) is 401 cm³/mol. The standard InChI is InChI=1S/C46H56N4O10.C22H24N2O8.C14H14O3.H2O/c1-7-42(55)22-28-23-45(40(53)58-5,36-30(14-18-48(24-28)25-42)29-12-9-10-13-33(29)47-36)32-20-31-34(21-35(32)57-4)50(26-51)38-44(31)16-19-49-17-11-15-43(8-2,37(44)49)39(60-27(3)52)46(38,56)41(54)59-6;1-7-8-5-4-6-9(25)11(8)16(26)12-10(7)17(27)14-15(24(2)3)18(28)13(21(23)31)20(30)22(14,32)19(12)29;1-9(14(15)16)10-3-4-12-8-13(17-2)6-5-11(12)7-10;/h9-13,15,20-21,26,28,37-39,47,55-56H,7-8,14,16-19,22-25H2,1-6H3;4-7,10,14-15,17,25-27,30,32H,1-3H3,(H2,23,31);3-9H,1-2H3,(H,15,16);1H2/t28-,37+,38-,39-,42+,43-,44-,45+,46+;7-,10+,14+,15-,17-,22-;9-;/m100./s1. The number of nitrogens with two attached hydrogens (primary N) is 1. The zero-order valence-corrected chi connectivity index (χ0v) is 63.2. The Bertz CT molecular complexity index is 4870. The molecular weight excluding hydrogens is 1420 g/mol. The van der Waals surface area contributed by atoms with Gasteiger partial charge in [0.2, 0.25) is 17.8 Å². The number of phenolic OH excluding ortho intramolecular Hbond substituents is 1. The summed E-state index contributed by atoms with van der Waals surface area (Å²) in [6.45, 7) is 11.5. The molecule has 2 amide bonds. The second-order valence-corrected chi connectivity index (χ2v) is 30.9. The lowest BCUT2D eigenvalue weighted by atomic mass is 9.47. The number of anilines is 1. The number of aliphatic hydroxyl groups excluding tert-OH is 3. The molecule has 5 aromatic carbocycles. The van der Waals surface area contributed by atoms with Crippen molar-refractivity contribution in [1.82, 2.24) is 19.7 Å². The molecule has 1 spiro atoms. The van der Waals surface area contributed by atoms with Crippen molar-refractivity contribution >= 4 is 80.9 Å². The van der Waals surface area contributed by atoms with Gasteiger partial charge in [-0.3, -0.25) is 48.3 Å². The third-order valence-electron chi connectivity index (χ3n) is 25.4. The number of methoxy groups -OCH3 is 4. The zero-order chi connectivity index (χ0) is 78.8. The number of carbonyl (C=O) groups excluding carboxylic acids is 7. The number of H-pyrrole nitrogens is 1. The van der Waals surface area contributed by atoms with E-state index in [2.05, 4.69) is 20.9 Å². The third-order valence-corrected chi connectivity index (χ3v) is 25.4. The van der Waals surface area contributed by atoms with Gasteiger partial charge in [0.1, 0.15) is 39.8 Å². The Morgan fingerprint density at radius 3 is 2.17 bits per heavy atom. The lowest BCUT2D eigenvalue weighted by molar-refractivity contribution is -0.228. The number of fused-ring (bicyclic) bond motifs is 10. The van der Waals surface area contributed by atoms with Crippen molar-refractivity contribution in [2.24, 2.45) is 28.9 Å². The Kier molecular flexibility index (Phi) is 21.0. The molecule has 1 aromatic heterocycles. The first kappa shape index (κ1) is 79.5. The molecule has 4 fully saturated rings. The van der Waals surface area contributed by atoms with Crippen LogP contribution in [-0.2, 0) is 69.8 Å². The number of carbonyl (C=O) groups is 8. The largest absolute Gasteiger partial charge is 0.508 e. The van der Waals surface area contributed by atoms with Crippen LogP contribution in [0.4, 0.5) is 5.69 Å². The highest BCUT2D eigenvalue weighted by Gasteiger charge is 2.81. The zero-order valence-electron chi connectivity index (χ0n) is 63.2. The fourth-order valence-corrected chi connectivity index (χ4v) is 20.7. The summed E-state index contributed by atoms with van der Waals surface area (Å²) in [4.78, 5) is 117. The lowest BCUT2D eigenvalue weighted by Gasteiger charge is -2.63. The van der Waals surface area contributed by atoms with E-state index < -0.39 is 151 Å². The van der Waals surface area contributed by atoms with Crippen molar-refractivity contribution in [3.8, 4) is 17.2 Å². The van der Waals surface area contributed by atoms with Crippen LogP contribution in [0.3, 0.4) is 0 Å². The number of ether oxygens (including phenoxy) is 5. The fourth-order valence-electron chi connectivity index (χ4n) is 20.7. The molecule has 2 saturated carbocycles. The van der Waals surface area contributed by atoms with Crippen molar-refractivity contribution in [3.63, 3.8) is 0 Å². The van der Waals surface area contributed by atoms with Crippen molar-refractivity contribution < 1.29 is 108 Å². The number of aliphatic carboxylic acids is 1. The van der Waals surface area contributed by atoms with Crippen molar-refractivity contribution in [1.29, 1.82) is 0 Å². The summed E-state index contributed by atoms with van der Waals surface area (Å²) in [5, 5.41) is 92.2. The number of hydrogen-bond acceptors (Lipinski definition) is 23. The summed E-state index contributed by atoms with van der Waals surface area (Å²) in [5.74, 6) is -11.4. The van der Waals surface area contributed by atoms with Gasteiger partial charge in [-0.25, -0.2) is 4.79 Å². The molecule has 5 aliphatic heterocycles. The van der Waals surface area contributed by atoms with Gasteiger partial charge in [-0.2, -0.15) is 0 Å². The summed E-state index contributed by atoms with van der Waals surface area (Å²) in [5.41, 5.74) is -0.867. The van der Waals surface area contributed by atoms with Crippen LogP contribution < -0.4 is 20.1 Å². The average molecular weight is 1520 g/mol. The molecule has 17 atom stereocenters. The number of carboxylic acid groups (broad SMARTS) is 1. The number of hydrogen-bond donors (Lipinski definition) is 10. The molecule has 2 bridgehead atoms. The van der Waals surface area contributed by atoms with Crippen LogP contribution in [0.25, 0.3) is 27.4 Å². The second-order valence-electron chi connectivity index (χ2n) is 30.9. The summed E-state index contributed by atoms with van der Waals surface area (Å²) in [7, 11) is 8.64. The number of ketones is 2. The van der Waals surface area contributed by atoms with Gasteiger partial charge in [0.05, 0.1) is 75.3 Å². The van der Waals surface area contributed by atoms with Crippen molar-refractivity contribution in [2.75, 3.05) is 80.2 Å². The Hall–Kier alpha value is -10.0. The first-order valence-electron chi connectivity index (χ1n) is 36.7. The number of primary amides is 1. The molecule has 6 aromatic rings. The van der Waals surface area contributed by atoms with E-state index in [0.29, 0.717) is 105 Å². The Balaban J connectivity index is 0.000000186. The molecule has 586 valence electrons. The molecule has 9 aliphatic rings. The van der Waals surface area contributed by atoms with Gasteiger partial charge >= 0.3 is 23.9 Å². The van der Waals surface area contributed by atoms with Crippen LogP contribution in [0.2, 0.25) is 0 Å². The van der Waals surface area contributed by atoms with E-state index in [4.69, 9.17) is 34.5 Å². The number of rotatable bonds is 13. The minimum absolute atomic E-state index is 0. The van der Waals surface area contributed by atoms with E-state index in [1.807, 2.05) is 86.7 Å². The monoisotopic (exact) mass is 1520 g/mol. The number of esters is 3. The number of likely N-dealkylation sites (N-methyl/N-ethyl adjacent to an activating group) is 1. The van der Waals surface area contributed by atoms with E-state index in [0.717, 1.165) is 38.6 Å². The second kappa shape index (κ2) is 29.0. The Labute approximate surface area is 634 Å². The topological polar surface area (TPSA) is 431 Å². The van der Waals surface area contributed by atoms with E-state index in [-0.39, 0.29) is 29.1 Å². The minimum Gasteiger partial charge on any atom is -0.508 e. The molecule has 110 heavy (non-hydrogen) atoms. The number of aromatic nitrogens is 1. The smallest absolute Gasteiger partial charge is 0.344 e. The third kappa shape index (κ3) is 11.6. The molecule has 6 heterocycles. The molecule has 15 rings (SSSR count). The maximum Gasteiger partial charge on any atom is 0.344 e. The van der Waals surface area contributed by atoms with Gasteiger partial charge in [0.25, 0.3) is 5.91 Å². The van der Waals surface area contributed by atoms with Crippen LogP contribution in [0.15, 0.2) is 120 Å². The molecule has 0 radical (unpaired) electrons. The highest BCUT2D eigenvalue weighted by Crippen LogP contribution is 2.69. The van der Waals surface area contributed by atoms with Crippen molar-refractivity contribution in [3.05, 3.63) is 159 Å².